The zero-order chi connectivity index (χ0) is 21.8. The maximum Gasteiger partial charge on any atom is -1.00 e. The molecule has 0 spiro atoms. The maximum absolute atomic E-state index is 13.0. The van der Waals surface area contributed by atoms with Crippen molar-refractivity contribution < 1.29 is 61.2 Å². The Morgan fingerprint density at radius 2 is 1.56 bits per heavy atom. The summed E-state index contributed by atoms with van der Waals surface area (Å²) >= 11 is -0.818. The van der Waals surface area contributed by atoms with Crippen molar-refractivity contribution in [2.24, 2.45) is 5.92 Å². The molecule has 0 amide bonds. The second kappa shape index (κ2) is 10.4. The molecule has 3 unspecified atom stereocenters. The van der Waals surface area contributed by atoms with Gasteiger partial charge in [-0.2, -0.15) is 0 Å². The van der Waals surface area contributed by atoms with Crippen LogP contribution in [0.4, 0.5) is 13.2 Å². The van der Waals surface area contributed by atoms with Crippen LogP contribution in [0.5, 0.6) is 0 Å². The molecule has 32 heavy (non-hydrogen) atoms. The summed E-state index contributed by atoms with van der Waals surface area (Å²) in [6.45, 7) is 11.5. The number of halogens is 5. The molecular weight excluding hydrogens is 531 g/mol. The van der Waals surface area contributed by atoms with Gasteiger partial charge in [-0.05, 0) is 0 Å². The molecule has 172 valence electrons. The second-order valence-electron chi connectivity index (χ2n) is 9.08. The van der Waals surface area contributed by atoms with E-state index in [0.29, 0.717) is 9.54 Å². The van der Waals surface area contributed by atoms with Crippen LogP contribution in [0.3, 0.4) is 0 Å². The summed E-state index contributed by atoms with van der Waals surface area (Å²) in [6.07, 6.45) is 1.42. The van der Waals surface area contributed by atoms with Crippen LogP contribution in [0.25, 0.3) is 0 Å². The van der Waals surface area contributed by atoms with Gasteiger partial charge in [0.25, 0.3) is 0 Å². The van der Waals surface area contributed by atoms with Crippen molar-refractivity contribution in [1.82, 2.24) is 0 Å². The summed E-state index contributed by atoms with van der Waals surface area (Å²) in [5.74, 6) is 0.830. The summed E-state index contributed by atoms with van der Waals surface area (Å²) in [5.41, 5.74) is 9.52. The van der Waals surface area contributed by atoms with Crippen molar-refractivity contribution in [1.29, 1.82) is 0 Å². The van der Waals surface area contributed by atoms with E-state index in [1.54, 1.807) is 21.0 Å². The van der Waals surface area contributed by atoms with Gasteiger partial charge in [-0.15, -0.1) is 0 Å². The molecule has 0 aliphatic heterocycles. The first-order chi connectivity index (χ1) is 14.1. The van der Waals surface area contributed by atoms with Crippen molar-refractivity contribution in [3.63, 3.8) is 0 Å². The van der Waals surface area contributed by atoms with Crippen LogP contribution >= 0.6 is 0 Å². The average Bonchev–Trinajstić information content (AvgIpc) is 3.12. The topological polar surface area (TPSA) is 0 Å². The Morgan fingerprint density at radius 3 is 2.09 bits per heavy atom. The third-order valence-corrected chi connectivity index (χ3v) is 12.9. The Bertz CT molecular complexity index is 997. The molecule has 3 aliphatic carbocycles. The standard InChI is InChI=1S/C17H16F3.C9H13.2ClH.Zr/c1-11-9-13-3-2-4-15(16(13)10-11)12-5-7-14(8-6-12)17(18,19)20;1-6-5-7(2)9(4)8(6)3;;;/h5-10,15H,2-4H2,1H3;6H,1-4H3;2*1H;/q;;;;+2/p-2. The molecule has 4 rings (SSSR count). The van der Waals surface area contributed by atoms with Crippen LogP contribution in [0.15, 0.2) is 67.1 Å². The molecule has 1 aromatic rings. The van der Waals surface area contributed by atoms with Crippen LogP contribution in [0.1, 0.15) is 70.9 Å². The van der Waals surface area contributed by atoms with E-state index in [1.165, 1.54) is 40.0 Å². The van der Waals surface area contributed by atoms with E-state index in [-0.39, 0.29) is 30.7 Å². The predicted molar refractivity (Wildman–Crippen MR) is 113 cm³/mol. The minimum atomic E-state index is -4.27. The van der Waals surface area contributed by atoms with Crippen molar-refractivity contribution in [2.45, 2.75) is 69.6 Å². The monoisotopic (exact) mass is 558 g/mol. The Kier molecular flexibility index (Phi) is 8.96. The molecular formula is C26H29Cl2F3Zr. The van der Waals surface area contributed by atoms with Crippen molar-refractivity contribution in [3.8, 4) is 0 Å². The summed E-state index contributed by atoms with van der Waals surface area (Å²) < 4.78 is 41.3. The normalized spacial score (nSPS) is 25.2. The molecule has 0 aromatic heterocycles. The third-order valence-electron chi connectivity index (χ3n) is 7.45. The number of allylic oxidation sites excluding steroid dienone is 8. The fourth-order valence-corrected chi connectivity index (χ4v) is 10.2. The van der Waals surface area contributed by atoms with Crippen LogP contribution in [0, 0.1) is 5.92 Å². The average molecular weight is 561 g/mol. The number of benzene rings is 1. The van der Waals surface area contributed by atoms with E-state index in [4.69, 9.17) is 0 Å². The molecule has 0 N–H and O–H groups in total. The van der Waals surface area contributed by atoms with E-state index in [9.17, 15) is 13.2 Å². The van der Waals surface area contributed by atoms with Crippen LogP contribution in [0.2, 0.25) is 3.63 Å². The number of rotatable bonds is 3. The van der Waals surface area contributed by atoms with Crippen molar-refractivity contribution in [3.05, 3.63) is 78.2 Å². The van der Waals surface area contributed by atoms with E-state index >= 15 is 0 Å². The van der Waals surface area contributed by atoms with Crippen LogP contribution in [-0.4, -0.2) is 0 Å². The van der Waals surface area contributed by atoms with E-state index in [0.717, 1.165) is 24.8 Å². The summed E-state index contributed by atoms with van der Waals surface area (Å²) in [7, 11) is 0. The van der Waals surface area contributed by atoms with E-state index < -0.39 is 35.0 Å². The van der Waals surface area contributed by atoms with Crippen molar-refractivity contribution >= 4 is 0 Å². The van der Waals surface area contributed by atoms with Gasteiger partial charge in [0.15, 0.2) is 0 Å². The van der Waals surface area contributed by atoms with Gasteiger partial charge in [0.1, 0.15) is 0 Å². The first-order valence-electron chi connectivity index (χ1n) is 10.8. The minimum Gasteiger partial charge on any atom is -1.00 e. The fourth-order valence-electron chi connectivity index (χ4n) is 5.33. The van der Waals surface area contributed by atoms with Gasteiger partial charge < -0.3 is 24.8 Å². The van der Waals surface area contributed by atoms with Crippen LogP contribution in [-0.2, 0) is 29.4 Å². The fraction of sp³-hybridized carbons (Fsp3) is 0.462. The van der Waals surface area contributed by atoms with Gasteiger partial charge in [-0.3, -0.25) is 0 Å². The van der Waals surface area contributed by atoms with Gasteiger partial charge in [-0.25, -0.2) is 0 Å². The van der Waals surface area contributed by atoms with Gasteiger partial charge in [0.05, 0.1) is 0 Å². The molecule has 6 heteroatoms. The molecule has 0 saturated carbocycles. The first kappa shape index (κ1) is 27.7. The maximum atomic E-state index is 13.0. The number of hydrogen-bond acceptors (Lipinski definition) is 0. The van der Waals surface area contributed by atoms with E-state index in [2.05, 4.69) is 40.7 Å². The molecule has 0 bridgehead atoms. The molecule has 1 aromatic carbocycles. The Labute approximate surface area is 213 Å². The second-order valence-corrected chi connectivity index (χ2v) is 12.5. The predicted octanol–water partition coefficient (Wildman–Crippen LogP) is 2.37. The SMILES string of the molecule is CC1=CC2=C(CCCC2c2ccc(C(F)(F)F)cc2)[CH]1[Zr+2][C]1=C(C)C(C)=C(C)C1C.[Cl-].[Cl-]. The zero-order valence-electron chi connectivity index (χ0n) is 19.1. The summed E-state index contributed by atoms with van der Waals surface area (Å²) in [4.78, 5) is 0. The number of alkyl halides is 3. The minimum absolute atomic E-state index is 0. The molecule has 0 fully saturated rings. The van der Waals surface area contributed by atoms with Gasteiger partial charge in [0, 0.05) is 0 Å². The number of hydrogen-bond donors (Lipinski definition) is 0. The molecule has 3 aliphatic rings. The summed E-state index contributed by atoms with van der Waals surface area (Å²) in [6, 6.07) is 5.88. The molecule has 0 radical (unpaired) electrons. The zero-order valence-corrected chi connectivity index (χ0v) is 23.1. The van der Waals surface area contributed by atoms with Gasteiger partial charge in [-0.1, -0.05) is 0 Å². The molecule has 0 nitrogen and oxygen atoms in total. The van der Waals surface area contributed by atoms with Gasteiger partial charge >= 0.3 is 190 Å². The first-order valence-corrected chi connectivity index (χ1v) is 13.5. The smallest absolute Gasteiger partial charge is 1.00 e. The quantitative estimate of drug-likeness (QED) is 0.533. The molecule has 0 saturated heterocycles. The summed E-state index contributed by atoms with van der Waals surface area (Å²) in [5, 5.41) is 0. The van der Waals surface area contributed by atoms with Crippen LogP contribution < -0.4 is 24.8 Å². The Morgan fingerprint density at radius 1 is 0.938 bits per heavy atom. The Balaban J connectivity index is 0.00000181. The van der Waals surface area contributed by atoms with Crippen molar-refractivity contribution in [2.75, 3.05) is 0 Å². The van der Waals surface area contributed by atoms with E-state index in [1.807, 2.05) is 0 Å². The Hall–Kier alpha value is -0.567. The molecule has 3 atom stereocenters. The largest absolute Gasteiger partial charge is 1.00 e. The molecule has 0 heterocycles. The van der Waals surface area contributed by atoms with Gasteiger partial charge in [0.2, 0.25) is 0 Å². The third kappa shape index (κ3) is 4.94.